The van der Waals surface area contributed by atoms with Gasteiger partial charge in [-0.15, -0.1) is 0 Å². The van der Waals surface area contributed by atoms with E-state index in [4.69, 9.17) is 0 Å². The molecule has 0 aromatic heterocycles. The lowest BCUT2D eigenvalue weighted by Gasteiger charge is -2.24. The van der Waals surface area contributed by atoms with E-state index >= 15 is 0 Å². The van der Waals surface area contributed by atoms with Crippen molar-refractivity contribution in [2.45, 2.75) is 18.9 Å². The fraction of sp³-hybridized carbons (Fsp3) is 0.538. The molecule has 6 heteroatoms. The number of likely N-dealkylation sites (N-methyl/N-ethyl adjacent to an activating group) is 1. The minimum absolute atomic E-state index is 0.215. The largest absolute Gasteiger partial charge is 0.378 e. The van der Waals surface area contributed by atoms with Crippen molar-refractivity contribution in [2.75, 3.05) is 26.0 Å². The van der Waals surface area contributed by atoms with Crippen LogP contribution in [0.2, 0.25) is 0 Å². The summed E-state index contributed by atoms with van der Waals surface area (Å²) in [5.41, 5.74) is 0.159. The molecular formula is C13H18FN3O2. The summed E-state index contributed by atoms with van der Waals surface area (Å²) in [7, 11) is 4.01. The number of hydrogen-bond donors (Lipinski definition) is 1. The van der Waals surface area contributed by atoms with Gasteiger partial charge in [-0.3, -0.25) is 10.1 Å². The van der Waals surface area contributed by atoms with Crippen LogP contribution in [0.1, 0.15) is 12.8 Å². The summed E-state index contributed by atoms with van der Waals surface area (Å²) in [5.74, 6) is 0.0607. The van der Waals surface area contributed by atoms with Gasteiger partial charge >= 0.3 is 0 Å². The van der Waals surface area contributed by atoms with E-state index < -0.39 is 10.7 Å². The van der Waals surface area contributed by atoms with Crippen LogP contribution in [0, 0.1) is 21.8 Å². The van der Waals surface area contributed by atoms with E-state index in [2.05, 4.69) is 10.2 Å². The van der Waals surface area contributed by atoms with Crippen LogP contribution in [0.4, 0.5) is 15.8 Å². The average Bonchev–Trinajstić information content (AvgIpc) is 3.14. The molecule has 1 aliphatic carbocycles. The van der Waals surface area contributed by atoms with Gasteiger partial charge in [-0.05, 0) is 45.0 Å². The molecule has 104 valence electrons. The zero-order valence-corrected chi connectivity index (χ0v) is 11.1. The van der Waals surface area contributed by atoms with Crippen LogP contribution in [0.15, 0.2) is 18.2 Å². The van der Waals surface area contributed by atoms with E-state index in [0.717, 1.165) is 6.07 Å². The van der Waals surface area contributed by atoms with E-state index in [0.29, 0.717) is 24.2 Å². The minimum atomic E-state index is -0.594. The SMILES string of the molecule is CN(C)C(CNc1ccc(F)cc1[N+](=O)[O-])C1CC1. The van der Waals surface area contributed by atoms with Crippen LogP contribution < -0.4 is 5.32 Å². The fourth-order valence-corrected chi connectivity index (χ4v) is 2.27. The summed E-state index contributed by atoms with van der Waals surface area (Å²) < 4.78 is 13.0. The summed E-state index contributed by atoms with van der Waals surface area (Å²) in [6, 6.07) is 3.96. The van der Waals surface area contributed by atoms with Crippen molar-refractivity contribution in [3.63, 3.8) is 0 Å². The van der Waals surface area contributed by atoms with Crippen molar-refractivity contribution in [1.29, 1.82) is 0 Å². The van der Waals surface area contributed by atoms with Crippen molar-refractivity contribution in [3.05, 3.63) is 34.1 Å². The topological polar surface area (TPSA) is 58.4 Å². The van der Waals surface area contributed by atoms with E-state index in [1.807, 2.05) is 14.1 Å². The van der Waals surface area contributed by atoms with Crippen LogP contribution in [-0.2, 0) is 0 Å². The number of halogens is 1. The molecule has 0 bridgehead atoms. The van der Waals surface area contributed by atoms with E-state index in [1.165, 1.54) is 25.0 Å². The average molecular weight is 267 g/mol. The molecule has 0 amide bonds. The highest BCUT2D eigenvalue weighted by molar-refractivity contribution is 5.61. The molecule has 0 aliphatic heterocycles. The number of hydrogen-bond acceptors (Lipinski definition) is 4. The van der Waals surface area contributed by atoms with Crippen LogP contribution in [0.25, 0.3) is 0 Å². The normalized spacial score (nSPS) is 16.4. The predicted molar refractivity (Wildman–Crippen MR) is 71.7 cm³/mol. The first kappa shape index (κ1) is 13.7. The number of anilines is 1. The van der Waals surface area contributed by atoms with Gasteiger partial charge < -0.3 is 10.2 Å². The van der Waals surface area contributed by atoms with Gasteiger partial charge in [0, 0.05) is 12.6 Å². The molecule has 1 aromatic carbocycles. The second-order valence-corrected chi connectivity index (χ2v) is 5.17. The van der Waals surface area contributed by atoms with Gasteiger partial charge in [0.15, 0.2) is 0 Å². The third-order valence-electron chi connectivity index (χ3n) is 3.49. The molecule has 1 atom stereocenters. The Labute approximate surface area is 111 Å². The Morgan fingerprint density at radius 3 is 2.74 bits per heavy atom. The van der Waals surface area contributed by atoms with Gasteiger partial charge in [-0.2, -0.15) is 0 Å². The van der Waals surface area contributed by atoms with Gasteiger partial charge in [0.05, 0.1) is 11.0 Å². The van der Waals surface area contributed by atoms with Gasteiger partial charge in [-0.1, -0.05) is 0 Å². The molecule has 0 heterocycles. The highest BCUT2D eigenvalue weighted by Gasteiger charge is 2.32. The molecule has 0 radical (unpaired) electrons. The van der Waals surface area contributed by atoms with E-state index in [-0.39, 0.29) is 5.69 Å². The number of rotatable bonds is 6. The second-order valence-electron chi connectivity index (χ2n) is 5.17. The van der Waals surface area contributed by atoms with Crippen LogP contribution in [0.5, 0.6) is 0 Å². The van der Waals surface area contributed by atoms with Crippen LogP contribution in [-0.4, -0.2) is 36.5 Å². The lowest BCUT2D eigenvalue weighted by Crippen LogP contribution is -2.36. The van der Waals surface area contributed by atoms with Crippen molar-refractivity contribution in [3.8, 4) is 0 Å². The first-order valence-corrected chi connectivity index (χ1v) is 6.33. The second kappa shape index (κ2) is 5.52. The van der Waals surface area contributed by atoms with Crippen LogP contribution in [0.3, 0.4) is 0 Å². The van der Waals surface area contributed by atoms with E-state index in [9.17, 15) is 14.5 Å². The molecule has 19 heavy (non-hydrogen) atoms. The van der Waals surface area contributed by atoms with Gasteiger partial charge in [0.1, 0.15) is 11.5 Å². The zero-order chi connectivity index (χ0) is 14.0. The molecule has 0 saturated heterocycles. The Morgan fingerprint density at radius 1 is 1.53 bits per heavy atom. The molecule has 1 N–H and O–H groups in total. The smallest absolute Gasteiger partial charge is 0.295 e. The van der Waals surface area contributed by atoms with Crippen molar-refractivity contribution in [1.82, 2.24) is 4.90 Å². The highest BCUT2D eigenvalue weighted by atomic mass is 19.1. The zero-order valence-electron chi connectivity index (χ0n) is 11.1. The summed E-state index contributed by atoms with van der Waals surface area (Å²) in [6.45, 7) is 0.629. The lowest BCUT2D eigenvalue weighted by molar-refractivity contribution is -0.384. The lowest BCUT2D eigenvalue weighted by atomic mass is 10.1. The van der Waals surface area contributed by atoms with E-state index in [1.54, 1.807) is 0 Å². The fourth-order valence-electron chi connectivity index (χ4n) is 2.27. The summed E-state index contributed by atoms with van der Waals surface area (Å²) in [5, 5.41) is 14.0. The molecule has 1 fully saturated rings. The Kier molecular flexibility index (Phi) is 3.99. The number of nitrogens with zero attached hydrogens (tertiary/aromatic N) is 2. The van der Waals surface area contributed by atoms with Crippen molar-refractivity contribution < 1.29 is 9.31 Å². The molecule has 0 spiro atoms. The Hall–Kier alpha value is -1.69. The summed E-state index contributed by atoms with van der Waals surface area (Å²) in [6.07, 6.45) is 2.41. The maximum absolute atomic E-state index is 13.0. The molecule has 5 nitrogen and oxygen atoms in total. The molecule has 1 saturated carbocycles. The van der Waals surface area contributed by atoms with Gasteiger partial charge in [0.2, 0.25) is 0 Å². The Bertz CT molecular complexity index is 473. The molecular weight excluding hydrogens is 249 g/mol. The summed E-state index contributed by atoms with van der Waals surface area (Å²) in [4.78, 5) is 12.4. The predicted octanol–water partition coefficient (Wildman–Crippen LogP) is 2.49. The highest BCUT2D eigenvalue weighted by Crippen LogP contribution is 2.35. The van der Waals surface area contributed by atoms with Crippen molar-refractivity contribution >= 4 is 11.4 Å². The summed E-state index contributed by atoms with van der Waals surface area (Å²) >= 11 is 0. The number of nitro groups is 1. The van der Waals surface area contributed by atoms with Gasteiger partial charge in [0.25, 0.3) is 5.69 Å². The number of nitro benzene ring substituents is 1. The third kappa shape index (κ3) is 3.41. The molecule has 1 unspecified atom stereocenters. The quantitative estimate of drug-likeness (QED) is 0.635. The molecule has 2 rings (SSSR count). The van der Waals surface area contributed by atoms with Crippen molar-refractivity contribution in [2.24, 2.45) is 5.92 Å². The maximum Gasteiger partial charge on any atom is 0.295 e. The molecule has 1 aliphatic rings. The number of benzene rings is 1. The number of nitrogens with one attached hydrogen (secondary N) is 1. The minimum Gasteiger partial charge on any atom is -0.378 e. The van der Waals surface area contributed by atoms with Gasteiger partial charge in [-0.25, -0.2) is 4.39 Å². The standard InChI is InChI=1S/C13H18FN3O2/c1-16(2)13(9-3-4-9)8-15-11-6-5-10(14)7-12(11)17(18)19/h5-7,9,13,15H,3-4,8H2,1-2H3. The Morgan fingerprint density at radius 2 is 2.21 bits per heavy atom. The Balaban J connectivity index is 2.08. The first-order chi connectivity index (χ1) is 8.99. The monoisotopic (exact) mass is 267 g/mol. The third-order valence-corrected chi connectivity index (χ3v) is 3.49. The van der Waals surface area contributed by atoms with Crippen LogP contribution >= 0.6 is 0 Å². The maximum atomic E-state index is 13.0. The first-order valence-electron chi connectivity index (χ1n) is 6.33. The molecule has 1 aromatic rings.